The van der Waals surface area contributed by atoms with E-state index in [1.54, 1.807) is 22.9 Å². The number of aromatic nitrogens is 6. The summed E-state index contributed by atoms with van der Waals surface area (Å²) in [6, 6.07) is 7.17. The quantitative estimate of drug-likeness (QED) is 0.571. The van der Waals surface area contributed by atoms with Crippen LogP contribution in [0.15, 0.2) is 29.1 Å². The molecule has 2 heterocycles. The van der Waals surface area contributed by atoms with E-state index in [2.05, 4.69) is 32.4 Å². The average molecular weight is 370 g/mol. The number of hydrogen-bond donors (Lipinski definition) is 1. The molecule has 0 unspecified atom stereocenters. The minimum Gasteiger partial charge on any atom is -0.457 e. The van der Waals surface area contributed by atoms with Crippen molar-refractivity contribution < 1.29 is 9.53 Å². The highest BCUT2D eigenvalue weighted by atomic mass is 16.5. The Balaban J connectivity index is 1.47. The van der Waals surface area contributed by atoms with E-state index in [0.29, 0.717) is 41.9 Å². The van der Waals surface area contributed by atoms with E-state index in [1.165, 1.54) is 0 Å². The number of aromatic amines is 1. The lowest BCUT2D eigenvalue weighted by Crippen LogP contribution is -2.13. The third kappa shape index (κ3) is 4.96. The maximum atomic E-state index is 12.0. The van der Waals surface area contributed by atoms with Crippen LogP contribution in [-0.4, -0.2) is 36.1 Å². The monoisotopic (exact) mass is 370 g/mol. The first-order valence-electron chi connectivity index (χ1n) is 9.06. The van der Waals surface area contributed by atoms with Crippen molar-refractivity contribution in [1.29, 1.82) is 0 Å². The first-order chi connectivity index (χ1) is 13.2. The smallest absolute Gasteiger partial charge is 0.306 e. The summed E-state index contributed by atoms with van der Waals surface area (Å²) in [4.78, 5) is 31.1. The molecule has 9 heteroatoms. The summed E-state index contributed by atoms with van der Waals surface area (Å²) in [5.41, 5.74) is 0.481. The topological polar surface area (TPSA) is 116 Å². The zero-order valence-corrected chi connectivity index (χ0v) is 15.2. The molecule has 1 N–H and O–H groups in total. The largest absolute Gasteiger partial charge is 0.457 e. The molecule has 0 atom stereocenters. The van der Waals surface area contributed by atoms with Crippen molar-refractivity contribution in [2.24, 2.45) is 0 Å². The van der Waals surface area contributed by atoms with Crippen LogP contribution in [0.2, 0.25) is 0 Å². The Kier molecular flexibility index (Phi) is 6.24. The predicted molar refractivity (Wildman–Crippen MR) is 97.8 cm³/mol. The highest BCUT2D eigenvalue weighted by Crippen LogP contribution is 2.08. The molecule has 0 amide bonds. The fourth-order valence-electron chi connectivity index (χ4n) is 2.68. The van der Waals surface area contributed by atoms with E-state index in [1.807, 2.05) is 6.07 Å². The van der Waals surface area contributed by atoms with Crippen LogP contribution in [0.25, 0.3) is 10.9 Å². The summed E-state index contributed by atoms with van der Waals surface area (Å²) in [7, 11) is 0. The second-order valence-electron chi connectivity index (χ2n) is 6.22. The Bertz CT molecular complexity index is 965. The van der Waals surface area contributed by atoms with Crippen LogP contribution in [0, 0.1) is 0 Å². The van der Waals surface area contributed by atoms with Gasteiger partial charge in [0, 0.05) is 19.4 Å². The first kappa shape index (κ1) is 18.7. The van der Waals surface area contributed by atoms with Gasteiger partial charge in [-0.2, -0.15) is 0 Å². The molecule has 0 radical (unpaired) electrons. The van der Waals surface area contributed by atoms with Gasteiger partial charge in [0.05, 0.1) is 10.9 Å². The molecular weight excluding hydrogens is 348 g/mol. The summed E-state index contributed by atoms with van der Waals surface area (Å²) in [6.45, 7) is 2.85. The molecule has 3 aromatic rings. The molecule has 0 bridgehead atoms. The molecule has 2 aromatic heterocycles. The van der Waals surface area contributed by atoms with Crippen LogP contribution in [-0.2, 0) is 29.1 Å². The third-order valence-electron chi connectivity index (χ3n) is 4.15. The Morgan fingerprint density at radius 2 is 2.11 bits per heavy atom. The van der Waals surface area contributed by atoms with E-state index < -0.39 is 0 Å². The molecule has 0 saturated carbocycles. The van der Waals surface area contributed by atoms with Gasteiger partial charge in [0.1, 0.15) is 5.82 Å². The Morgan fingerprint density at radius 3 is 2.96 bits per heavy atom. The highest BCUT2D eigenvalue weighted by molar-refractivity contribution is 5.77. The normalized spacial score (nSPS) is 11.0. The fraction of sp³-hybridized carbons (Fsp3) is 0.444. The van der Waals surface area contributed by atoms with Crippen LogP contribution in [0.3, 0.4) is 0 Å². The van der Waals surface area contributed by atoms with Crippen molar-refractivity contribution in [3.8, 4) is 0 Å². The number of aryl methyl sites for hydroxylation is 2. The van der Waals surface area contributed by atoms with Crippen molar-refractivity contribution >= 4 is 16.9 Å². The summed E-state index contributed by atoms with van der Waals surface area (Å²) in [5.74, 6) is 0.774. The summed E-state index contributed by atoms with van der Waals surface area (Å²) < 4.78 is 6.90. The molecule has 0 aliphatic rings. The zero-order valence-electron chi connectivity index (χ0n) is 15.2. The SMILES string of the molecule is CCCCn1nnnc1COC(=O)CCCc1nc2ccccc2c(=O)[nH]1. The average Bonchev–Trinajstić information content (AvgIpc) is 3.12. The first-order valence-corrected chi connectivity index (χ1v) is 9.06. The molecule has 27 heavy (non-hydrogen) atoms. The molecule has 142 valence electrons. The van der Waals surface area contributed by atoms with E-state index in [0.717, 1.165) is 12.8 Å². The van der Waals surface area contributed by atoms with Crippen LogP contribution in [0.1, 0.15) is 44.3 Å². The second-order valence-corrected chi connectivity index (χ2v) is 6.22. The number of fused-ring (bicyclic) bond motifs is 1. The van der Waals surface area contributed by atoms with Crippen LogP contribution < -0.4 is 5.56 Å². The lowest BCUT2D eigenvalue weighted by atomic mass is 10.2. The number of ether oxygens (including phenoxy) is 1. The number of H-pyrrole nitrogens is 1. The van der Waals surface area contributed by atoms with Gasteiger partial charge in [0.25, 0.3) is 5.56 Å². The van der Waals surface area contributed by atoms with Gasteiger partial charge in [-0.3, -0.25) is 9.59 Å². The number of para-hydroxylation sites is 1. The van der Waals surface area contributed by atoms with Crippen LogP contribution >= 0.6 is 0 Å². The maximum Gasteiger partial charge on any atom is 0.306 e. The van der Waals surface area contributed by atoms with Gasteiger partial charge in [0.15, 0.2) is 12.4 Å². The number of tetrazole rings is 1. The molecule has 0 saturated heterocycles. The standard InChI is InChI=1S/C18H22N6O3/c1-2-3-11-24-16(21-22-23-24)12-27-17(25)10-6-9-15-19-14-8-5-4-7-13(14)18(26)20-15/h4-5,7-8H,2-3,6,9-12H2,1H3,(H,19,20,26). The predicted octanol–water partition coefficient (Wildman–Crippen LogP) is 1.78. The highest BCUT2D eigenvalue weighted by Gasteiger charge is 2.10. The number of nitrogens with one attached hydrogen (secondary N) is 1. The number of hydrogen-bond acceptors (Lipinski definition) is 7. The van der Waals surface area contributed by atoms with Gasteiger partial charge < -0.3 is 9.72 Å². The van der Waals surface area contributed by atoms with Gasteiger partial charge in [-0.25, -0.2) is 9.67 Å². The van der Waals surface area contributed by atoms with Crippen LogP contribution in [0.5, 0.6) is 0 Å². The van der Waals surface area contributed by atoms with Crippen molar-refractivity contribution in [2.75, 3.05) is 0 Å². The second kappa shape index (κ2) is 9.02. The van der Waals surface area contributed by atoms with E-state index >= 15 is 0 Å². The molecule has 9 nitrogen and oxygen atoms in total. The van der Waals surface area contributed by atoms with Crippen molar-refractivity contribution in [3.05, 3.63) is 46.3 Å². The van der Waals surface area contributed by atoms with Crippen molar-refractivity contribution in [3.63, 3.8) is 0 Å². The number of rotatable bonds is 9. The maximum absolute atomic E-state index is 12.0. The molecule has 0 aliphatic carbocycles. The zero-order chi connectivity index (χ0) is 19.1. The number of carbonyl (C=O) groups excluding carboxylic acids is 1. The fourth-order valence-corrected chi connectivity index (χ4v) is 2.68. The molecule has 1 aromatic carbocycles. The lowest BCUT2D eigenvalue weighted by molar-refractivity contribution is -0.145. The molecule has 0 aliphatic heterocycles. The number of nitrogens with zero attached hydrogens (tertiary/aromatic N) is 5. The van der Waals surface area contributed by atoms with E-state index in [9.17, 15) is 9.59 Å². The van der Waals surface area contributed by atoms with E-state index in [-0.39, 0.29) is 24.6 Å². The summed E-state index contributed by atoms with van der Waals surface area (Å²) >= 11 is 0. The number of esters is 1. The lowest BCUT2D eigenvalue weighted by Gasteiger charge is -2.06. The minimum atomic E-state index is -0.330. The third-order valence-corrected chi connectivity index (χ3v) is 4.15. The van der Waals surface area contributed by atoms with Gasteiger partial charge in [0.2, 0.25) is 0 Å². The molecule has 3 rings (SSSR count). The van der Waals surface area contributed by atoms with E-state index in [4.69, 9.17) is 4.74 Å². The number of unbranched alkanes of at least 4 members (excludes halogenated alkanes) is 1. The number of carbonyl (C=O) groups is 1. The van der Waals surface area contributed by atoms with Gasteiger partial charge in [-0.15, -0.1) is 5.10 Å². The van der Waals surface area contributed by atoms with Gasteiger partial charge in [-0.1, -0.05) is 25.5 Å². The Labute approximate surface area is 155 Å². The summed E-state index contributed by atoms with van der Waals surface area (Å²) in [5, 5.41) is 11.9. The van der Waals surface area contributed by atoms with Gasteiger partial charge in [-0.05, 0) is 35.4 Å². The Hall–Kier alpha value is -3.10. The summed E-state index contributed by atoms with van der Waals surface area (Å²) in [6.07, 6.45) is 3.24. The Morgan fingerprint density at radius 1 is 1.26 bits per heavy atom. The van der Waals surface area contributed by atoms with Crippen LogP contribution in [0.4, 0.5) is 0 Å². The minimum absolute atomic E-state index is 0.0562. The van der Waals surface area contributed by atoms with Gasteiger partial charge >= 0.3 is 5.97 Å². The molecular formula is C18H22N6O3. The van der Waals surface area contributed by atoms with Crippen molar-refractivity contribution in [2.45, 2.75) is 52.2 Å². The van der Waals surface area contributed by atoms with Crippen molar-refractivity contribution in [1.82, 2.24) is 30.2 Å². The number of benzene rings is 1. The molecule has 0 fully saturated rings. The molecule has 0 spiro atoms.